The lowest BCUT2D eigenvalue weighted by atomic mass is 10.1. The molecule has 5 amide bonds. The normalized spacial score (nSPS) is 12.8. The number of benzene rings is 1. The van der Waals surface area contributed by atoms with Gasteiger partial charge in [0.1, 0.15) is 12.1 Å². The van der Waals surface area contributed by atoms with Crippen LogP contribution in [0.5, 0.6) is 0 Å². The average Bonchev–Trinajstić information content (AvgIpc) is 2.80. The Morgan fingerprint density at radius 3 is 2.60 bits per heavy atom. The molecule has 1 aliphatic heterocycles. The number of nitrogens with one attached hydrogen (secondary N) is 2. The maximum atomic E-state index is 12.3. The Morgan fingerprint density at radius 1 is 1.24 bits per heavy atom. The second kappa shape index (κ2) is 7.51. The first kappa shape index (κ1) is 18.0. The maximum Gasteiger partial charge on any atom is 0.321 e. The average molecular weight is 348 g/mol. The van der Waals surface area contributed by atoms with Crippen molar-refractivity contribution >= 4 is 29.4 Å². The van der Waals surface area contributed by atoms with Crippen molar-refractivity contribution in [3.05, 3.63) is 39.4 Å². The summed E-state index contributed by atoms with van der Waals surface area (Å²) in [5.41, 5.74) is -0.992. The molecule has 1 aliphatic rings. The first-order chi connectivity index (χ1) is 11.9. The van der Waals surface area contributed by atoms with E-state index in [1.807, 2.05) is 12.2 Å². The summed E-state index contributed by atoms with van der Waals surface area (Å²) in [4.78, 5) is 58.7. The second-order valence-corrected chi connectivity index (χ2v) is 5.31. The smallest absolute Gasteiger partial charge is 0.321 e. The molecule has 2 rings (SSSR count). The van der Waals surface area contributed by atoms with E-state index < -0.39 is 40.9 Å². The summed E-state index contributed by atoms with van der Waals surface area (Å²) in [6, 6.07) is 2.93. The second-order valence-electron chi connectivity index (χ2n) is 5.31. The molecule has 0 aromatic heterocycles. The Hall–Kier alpha value is -3.30. The molecule has 10 nitrogen and oxygen atoms in total. The van der Waals surface area contributed by atoms with Crippen LogP contribution in [0.15, 0.2) is 18.2 Å². The minimum Gasteiger partial charge on any atom is -0.338 e. The Labute approximate surface area is 142 Å². The molecule has 0 aliphatic carbocycles. The number of hydrogen-bond acceptors (Lipinski definition) is 6. The van der Waals surface area contributed by atoms with Crippen LogP contribution in [-0.4, -0.2) is 46.7 Å². The van der Waals surface area contributed by atoms with Gasteiger partial charge in [-0.05, 0) is 12.5 Å². The van der Waals surface area contributed by atoms with Gasteiger partial charge >= 0.3 is 6.03 Å². The molecule has 1 aromatic rings. The number of amides is 5. The Kier molecular flexibility index (Phi) is 5.42. The van der Waals surface area contributed by atoms with E-state index in [0.717, 1.165) is 18.9 Å². The highest BCUT2D eigenvalue weighted by Crippen LogP contribution is 2.30. The van der Waals surface area contributed by atoms with Gasteiger partial charge in [-0.3, -0.25) is 34.7 Å². The van der Waals surface area contributed by atoms with Crippen molar-refractivity contribution in [1.29, 1.82) is 0 Å². The molecular formula is C15H16N4O6. The van der Waals surface area contributed by atoms with Crippen molar-refractivity contribution in [3.63, 3.8) is 0 Å². The predicted octanol–water partition coefficient (Wildman–Crippen LogP) is 0.817. The van der Waals surface area contributed by atoms with Gasteiger partial charge in [-0.15, -0.1) is 0 Å². The summed E-state index contributed by atoms with van der Waals surface area (Å²) in [5.74, 6) is -2.62. The van der Waals surface area contributed by atoms with Crippen LogP contribution < -0.4 is 10.6 Å². The van der Waals surface area contributed by atoms with Crippen LogP contribution in [0.4, 0.5) is 10.5 Å². The third-order valence-electron chi connectivity index (χ3n) is 3.54. The summed E-state index contributed by atoms with van der Waals surface area (Å²) in [6.45, 7) is 1.62. The largest absolute Gasteiger partial charge is 0.338 e. The number of carbonyl (C=O) groups is 4. The van der Waals surface area contributed by atoms with Crippen LogP contribution in [0.1, 0.15) is 40.5 Å². The summed E-state index contributed by atoms with van der Waals surface area (Å²) in [5, 5.41) is 15.5. The number of nitrogens with zero attached hydrogens (tertiary/aromatic N) is 2. The van der Waals surface area contributed by atoms with E-state index in [4.69, 9.17) is 0 Å². The van der Waals surface area contributed by atoms with Crippen LogP contribution in [-0.2, 0) is 4.79 Å². The fraction of sp³-hybridized carbons (Fsp3) is 0.333. The van der Waals surface area contributed by atoms with Gasteiger partial charge in [0.05, 0.1) is 10.5 Å². The van der Waals surface area contributed by atoms with Gasteiger partial charge in [-0.1, -0.05) is 19.4 Å². The third kappa shape index (κ3) is 3.79. The number of hydrogen-bond donors (Lipinski definition) is 2. The summed E-state index contributed by atoms with van der Waals surface area (Å²) < 4.78 is 0. The standard InChI is InChI=1S/C15H16N4O6/c1-2-3-7-16-15(23)17-11(20)8-18-13(21)9-5-4-6-10(19(24)25)12(9)14(18)22/h4-6H,2-3,7-8H2,1H3,(H2,16,17,20,23). The topological polar surface area (TPSA) is 139 Å². The molecule has 10 heteroatoms. The van der Waals surface area contributed by atoms with E-state index >= 15 is 0 Å². The SMILES string of the molecule is CCCCNC(=O)NC(=O)CN1C(=O)c2cccc([N+](=O)[O-])c2C1=O. The number of fused-ring (bicyclic) bond motifs is 1. The summed E-state index contributed by atoms with van der Waals surface area (Å²) in [6.07, 6.45) is 1.60. The third-order valence-corrected chi connectivity index (χ3v) is 3.54. The quantitative estimate of drug-likeness (QED) is 0.338. The monoisotopic (exact) mass is 348 g/mol. The molecule has 0 fully saturated rings. The highest BCUT2D eigenvalue weighted by atomic mass is 16.6. The number of carbonyl (C=O) groups excluding carboxylic acids is 4. The van der Waals surface area contributed by atoms with E-state index in [1.54, 1.807) is 0 Å². The maximum absolute atomic E-state index is 12.3. The number of nitro groups is 1. The van der Waals surface area contributed by atoms with E-state index in [-0.39, 0.29) is 11.1 Å². The van der Waals surface area contributed by atoms with Gasteiger partial charge in [-0.2, -0.15) is 0 Å². The van der Waals surface area contributed by atoms with Crippen molar-refractivity contribution in [2.75, 3.05) is 13.1 Å². The molecule has 0 spiro atoms. The Balaban J connectivity index is 2.07. The number of imide groups is 2. The van der Waals surface area contributed by atoms with Crippen LogP contribution in [0.2, 0.25) is 0 Å². The molecule has 0 saturated carbocycles. The first-order valence-corrected chi connectivity index (χ1v) is 7.58. The predicted molar refractivity (Wildman–Crippen MR) is 84.9 cm³/mol. The number of unbranched alkanes of at least 4 members (excludes halogenated alkanes) is 1. The highest BCUT2D eigenvalue weighted by Gasteiger charge is 2.41. The lowest BCUT2D eigenvalue weighted by Crippen LogP contribution is -2.46. The molecule has 1 heterocycles. The minimum atomic E-state index is -0.936. The highest BCUT2D eigenvalue weighted by molar-refractivity contribution is 6.24. The van der Waals surface area contributed by atoms with Crippen LogP contribution >= 0.6 is 0 Å². The van der Waals surface area contributed by atoms with E-state index in [2.05, 4.69) is 5.32 Å². The van der Waals surface area contributed by atoms with Gasteiger partial charge in [-0.25, -0.2) is 4.79 Å². The molecular weight excluding hydrogens is 332 g/mol. The van der Waals surface area contributed by atoms with Gasteiger partial charge in [0.2, 0.25) is 5.91 Å². The van der Waals surface area contributed by atoms with Gasteiger partial charge in [0.25, 0.3) is 17.5 Å². The van der Waals surface area contributed by atoms with Crippen LogP contribution in [0, 0.1) is 10.1 Å². The molecule has 0 saturated heterocycles. The minimum absolute atomic E-state index is 0.139. The molecule has 0 unspecified atom stereocenters. The lowest BCUT2D eigenvalue weighted by molar-refractivity contribution is -0.385. The summed E-state index contributed by atoms with van der Waals surface area (Å²) >= 11 is 0. The van der Waals surface area contributed by atoms with Crippen molar-refractivity contribution in [3.8, 4) is 0 Å². The van der Waals surface area contributed by atoms with Crippen molar-refractivity contribution in [2.45, 2.75) is 19.8 Å². The number of urea groups is 1. The molecule has 132 valence electrons. The molecule has 1 aromatic carbocycles. The molecule has 2 N–H and O–H groups in total. The zero-order valence-electron chi connectivity index (χ0n) is 13.4. The molecule has 0 radical (unpaired) electrons. The molecule has 0 bridgehead atoms. The number of nitro benzene ring substituents is 1. The van der Waals surface area contributed by atoms with E-state index in [9.17, 15) is 29.3 Å². The zero-order valence-corrected chi connectivity index (χ0v) is 13.4. The molecule has 25 heavy (non-hydrogen) atoms. The van der Waals surface area contributed by atoms with Gasteiger partial charge < -0.3 is 5.32 Å². The fourth-order valence-corrected chi connectivity index (χ4v) is 2.34. The number of rotatable bonds is 6. The van der Waals surface area contributed by atoms with E-state index in [0.29, 0.717) is 11.4 Å². The summed E-state index contributed by atoms with van der Waals surface area (Å²) in [7, 11) is 0. The Morgan fingerprint density at radius 2 is 1.96 bits per heavy atom. The zero-order chi connectivity index (χ0) is 18.6. The van der Waals surface area contributed by atoms with Crippen molar-refractivity contribution in [2.24, 2.45) is 0 Å². The van der Waals surface area contributed by atoms with Gasteiger partial charge in [0, 0.05) is 12.6 Å². The lowest BCUT2D eigenvalue weighted by Gasteiger charge is -2.13. The van der Waals surface area contributed by atoms with Crippen molar-refractivity contribution in [1.82, 2.24) is 15.5 Å². The molecule has 0 atom stereocenters. The van der Waals surface area contributed by atoms with Crippen LogP contribution in [0.25, 0.3) is 0 Å². The van der Waals surface area contributed by atoms with Gasteiger partial charge in [0.15, 0.2) is 0 Å². The van der Waals surface area contributed by atoms with Crippen LogP contribution in [0.3, 0.4) is 0 Å². The van der Waals surface area contributed by atoms with Crippen molar-refractivity contribution < 1.29 is 24.1 Å². The first-order valence-electron chi connectivity index (χ1n) is 7.58. The Bertz CT molecular complexity index is 760. The van der Waals surface area contributed by atoms with E-state index in [1.165, 1.54) is 12.1 Å². The fourth-order valence-electron chi connectivity index (χ4n) is 2.34.